The number of thiazole rings is 1. The fraction of sp³-hybridized carbons (Fsp3) is 0.167. The van der Waals surface area contributed by atoms with Crippen LogP contribution in [0.15, 0.2) is 27.5 Å². The van der Waals surface area contributed by atoms with Gasteiger partial charge in [0.25, 0.3) is 0 Å². The van der Waals surface area contributed by atoms with E-state index in [4.69, 9.17) is 9.47 Å². The summed E-state index contributed by atoms with van der Waals surface area (Å²) in [6.07, 6.45) is 0.761. The number of carbonyl (C=O) groups is 1. The van der Waals surface area contributed by atoms with E-state index < -0.39 is 0 Å². The number of nitrogens with zero attached hydrogens (tertiary/aromatic N) is 1. The second kappa shape index (κ2) is 5.97. The molecule has 0 aliphatic heterocycles. The lowest BCUT2D eigenvalue weighted by Crippen LogP contribution is -1.99. The van der Waals surface area contributed by atoms with Gasteiger partial charge in [-0.15, -0.1) is 11.3 Å². The standard InChI is InChI=1S/C12H10BrNO3S/c1-16-11-3-8(4-15)2-10(13)12(11)17-5-9-6-18-7-14-9/h2-4,6-7H,5H2,1H3. The molecule has 6 heteroatoms. The summed E-state index contributed by atoms with van der Waals surface area (Å²) in [7, 11) is 1.53. The average molecular weight is 328 g/mol. The minimum atomic E-state index is 0.360. The Hall–Kier alpha value is -1.40. The van der Waals surface area contributed by atoms with Crippen LogP contribution in [-0.2, 0) is 6.61 Å². The number of aromatic nitrogens is 1. The Kier molecular flexibility index (Phi) is 4.33. The van der Waals surface area contributed by atoms with Crippen LogP contribution in [0, 0.1) is 0 Å². The molecule has 0 saturated carbocycles. The highest BCUT2D eigenvalue weighted by Gasteiger charge is 2.12. The van der Waals surface area contributed by atoms with Gasteiger partial charge in [0.05, 0.1) is 22.8 Å². The highest BCUT2D eigenvalue weighted by atomic mass is 79.9. The first-order valence-electron chi connectivity index (χ1n) is 5.07. The molecule has 0 aliphatic carbocycles. The van der Waals surface area contributed by atoms with Crippen LogP contribution in [0.4, 0.5) is 0 Å². The Bertz CT molecular complexity index is 543. The maximum Gasteiger partial charge on any atom is 0.175 e. The predicted molar refractivity (Wildman–Crippen MR) is 72.5 cm³/mol. The SMILES string of the molecule is COc1cc(C=O)cc(Br)c1OCc1cscn1. The van der Waals surface area contributed by atoms with Gasteiger partial charge < -0.3 is 9.47 Å². The summed E-state index contributed by atoms with van der Waals surface area (Å²) in [5, 5.41) is 1.92. The number of hydrogen-bond acceptors (Lipinski definition) is 5. The Labute approximate surface area is 117 Å². The minimum Gasteiger partial charge on any atom is -0.493 e. The normalized spacial score (nSPS) is 10.1. The van der Waals surface area contributed by atoms with Gasteiger partial charge in [0.2, 0.25) is 0 Å². The molecule has 94 valence electrons. The van der Waals surface area contributed by atoms with Gasteiger partial charge in [0.1, 0.15) is 12.9 Å². The summed E-state index contributed by atoms with van der Waals surface area (Å²) < 4.78 is 11.5. The van der Waals surface area contributed by atoms with E-state index in [2.05, 4.69) is 20.9 Å². The lowest BCUT2D eigenvalue weighted by Gasteiger charge is -2.12. The van der Waals surface area contributed by atoms with Gasteiger partial charge in [-0.2, -0.15) is 0 Å². The summed E-state index contributed by atoms with van der Waals surface area (Å²) in [5.41, 5.74) is 3.13. The Balaban J connectivity index is 2.23. The third-order valence-corrected chi connectivity index (χ3v) is 3.46. The maximum absolute atomic E-state index is 10.8. The van der Waals surface area contributed by atoms with Crippen molar-refractivity contribution in [1.82, 2.24) is 4.98 Å². The van der Waals surface area contributed by atoms with Crippen molar-refractivity contribution in [3.63, 3.8) is 0 Å². The van der Waals surface area contributed by atoms with Crippen molar-refractivity contribution in [3.05, 3.63) is 38.8 Å². The van der Waals surface area contributed by atoms with Crippen LogP contribution < -0.4 is 9.47 Å². The molecule has 0 fully saturated rings. The van der Waals surface area contributed by atoms with Crippen LogP contribution in [-0.4, -0.2) is 18.4 Å². The number of ether oxygens (including phenoxy) is 2. The van der Waals surface area contributed by atoms with Crippen molar-refractivity contribution >= 4 is 33.6 Å². The van der Waals surface area contributed by atoms with E-state index in [0.29, 0.717) is 28.1 Å². The van der Waals surface area contributed by atoms with Gasteiger partial charge in [-0.25, -0.2) is 4.98 Å². The van der Waals surface area contributed by atoms with Crippen LogP contribution in [0.25, 0.3) is 0 Å². The fourth-order valence-electron chi connectivity index (χ4n) is 1.40. The summed E-state index contributed by atoms with van der Waals surface area (Å²) in [6, 6.07) is 3.32. The van der Waals surface area contributed by atoms with Crippen molar-refractivity contribution in [2.45, 2.75) is 6.61 Å². The smallest absolute Gasteiger partial charge is 0.175 e. The second-order valence-corrected chi connectivity index (χ2v) is 4.99. The Morgan fingerprint density at radius 2 is 2.33 bits per heavy atom. The summed E-state index contributed by atoms with van der Waals surface area (Å²) in [5.74, 6) is 1.08. The maximum atomic E-state index is 10.8. The average Bonchev–Trinajstić information content (AvgIpc) is 2.89. The van der Waals surface area contributed by atoms with E-state index >= 15 is 0 Å². The van der Waals surface area contributed by atoms with Gasteiger partial charge in [-0.3, -0.25) is 4.79 Å². The molecule has 0 N–H and O–H groups in total. The molecular weight excluding hydrogens is 318 g/mol. The van der Waals surface area contributed by atoms with E-state index in [1.54, 1.807) is 17.6 Å². The van der Waals surface area contributed by atoms with E-state index in [1.165, 1.54) is 18.4 Å². The van der Waals surface area contributed by atoms with Crippen LogP contribution in [0.3, 0.4) is 0 Å². The summed E-state index contributed by atoms with van der Waals surface area (Å²) in [6.45, 7) is 0.360. The van der Waals surface area contributed by atoms with Crippen molar-refractivity contribution in [1.29, 1.82) is 0 Å². The van der Waals surface area contributed by atoms with Crippen molar-refractivity contribution in [3.8, 4) is 11.5 Å². The monoisotopic (exact) mass is 327 g/mol. The van der Waals surface area contributed by atoms with Crippen LogP contribution >= 0.6 is 27.3 Å². The summed E-state index contributed by atoms with van der Waals surface area (Å²) in [4.78, 5) is 14.9. The molecule has 2 rings (SSSR count). The highest BCUT2D eigenvalue weighted by Crippen LogP contribution is 2.36. The van der Waals surface area contributed by atoms with Gasteiger partial charge in [0, 0.05) is 10.9 Å². The Morgan fingerprint density at radius 3 is 2.94 bits per heavy atom. The molecule has 2 aromatic rings. The molecular formula is C12H10BrNO3S. The van der Waals surface area contributed by atoms with Gasteiger partial charge in [-0.1, -0.05) is 0 Å². The molecule has 1 aromatic heterocycles. The molecule has 0 radical (unpaired) electrons. The van der Waals surface area contributed by atoms with E-state index in [0.717, 1.165) is 12.0 Å². The van der Waals surface area contributed by atoms with Gasteiger partial charge >= 0.3 is 0 Å². The van der Waals surface area contributed by atoms with Crippen LogP contribution in [0.2, 0.25) is 0 Å². The number of methoxy groups -OCH3 is 1. The molecule has 1 aromatic carbocycles. The number of benzene rings is 1. The van der Waals surface area contributed by atoms with Crippen molar-refractivity contribution < 1.29 is 14.3 Å². The fourth-order valence-corrected chi connectivity index (χ4v) is 2.52. The molecule has 0 unspecified atom stereocenters. The van der Waals surface area contributed by atoms with Crippen LogP contribution in [0.1, 0.15) is 16.1 Å². The highest BCUT2D eigenvalue weighted by molar-refractivity contribution is 9.10. The third-order valence-electron chi connectivity index (χ3n) is 2.24. The number of rotatable bonds is 5. The molecule has 0 bridgehead atoms. The molecule has 4 nitrogen and oxygen atoms in total. The molecule has 1 heterocycles. The van der Waals surface area contributed by atoms with Crippen molar-refractivity contribution in [2.75, 3.05) is 7.11 Å². The molecule has 0 amide bonds. The number of halogens is 1. The summed E-state index contributed by atoms with van der Waals surface area (Å²) >= 11 is 4.88. The van der Waals surface area contributed by atoms with E-state index in [1.807, 2.05) is 5.38 Å². The second-order valence-electron chi connectivity index (χ2n) is 3.42. The number of carbonyl (C=O) groups excluding carboxylic acids is 1. The zero-order chi connectivity index (χ0) is 13.0. The first-order chi connectivity index (χ1) is 8.74. The first-order valence-corrected chi connectivity index (χ1v) is 6.80. The quantitative estimate of drug-likeness (QED) is 0.790. The largest absolute Gasteiger partial charge is 0.493 e. The van der Waals surface area contributed by atoms with E-state index in [-0.39, 0.29) is 0 Å². The number of hydrogen-bond donors (Lipinski definition) is 0. The molecule has 0 spiro atoms. The minimum absolute atomic E-state index is 0.360. The zero-order valence-corrected chi connectivity index (χ0v) is 12.0. The van der Waals surface area contributed by atoms with Crippen molar-refractivity contribution in [2.24, 2.45) is 0 Å². The molecule has 0 aliphatic rings. The number of aldehydes is 1. The zero-order valence-electron chi connectivity index (χ0n) is 9.55. The van der Waals surface area contributed by atoms with Crippen LogP contribution in [0.5, 0.6) is 11.5 Å². The van der Waals surface area contributed by atoms with Gasteiger partial charge in [-0.05, 0) is 28.1 Å². The molecule has 0 atom stereocenters. The lowest BCUT2D eigenvalue weighted by atomic mass is 10.2. The molecule has 18 heavy (non-hydrogen) atoms. The third kappa shape index (κ3) is 2.88. The Morgan fingerprint density at radius 1 is 1.50 bits per heavy atom. The first kappa shape index (κ1) is 13.0. The predicted octanol–water partition coefficient (Wildman–Crippen LogP) is 3.31. The van der Waals surface area contributed by atoms with Gasteiger partial charge in [0.15, 0.2) is 11.5 Å². The van der Waals surface area contributed by atoms with E-state index in [9.17, 15) is 4.79 Å². The molecule has 0 saturated heterocycles. The topological polar surface area (TPSA) is 48.4 Å². The lowest BCUT2D eigenvalue weighted by molar-refractivity contribution is 0.112.